The van der Waals surface area contributed by atoms with Crippen molar-refractivity contribution >= 4 is 0 Å². The summed E-state index contributed by atoms with van der Waals surface area (Å²) in [5, 5.41) is 3.67. The van der Waals surface area contributed by atoms with Gasteiger partial charge in [0.1, 0.15) is 5.82 Å². The normalized spacial score (nSPS) is 35.4. The molecule has 2 fully saturated rings. The first kappa shape index (κ1) is 12.1. The number of hydrogen-bond donors (Lipinski definition) is 2. The van der Waals surface area contributed by atoms with Crippen molar-refractivity contribution in [1.82, 2.24) is 5.32 Å². The molecule has 3 N–H and O–H groups in total. The van der Waals surface area contributed by atoms with Gasteiger partial charge in [-0.2, -0.15) is 0 Å². The molecular formula is C15H21FN2. The Morgan fingerprint density at radius 1 is 1.11 bits per heavy atom. The summed E-state index contributed by atoms with van der Waals surface area (Å²) in [7, 11) is 0. The Morgan fingerprint density at radius 3 is 2.56 bits per heavy atom. The second-order valence-electron chi connectivity index (χ2n) is 5.75. The average molecular weight is 248 g/mol. The summed E-state index contributed by atoms with van der Waals surface area (Å²) < 4.78 is 13.6. The smallest absolute Gasteiger partial charge is 0.126 e. The van der Waals surface area contributed by atoms with Crippen molar-refractivity contribution in [3.05, 3.63) is 35.6 Å². The van der Waals surface area contributed by atoms with Gasteiger partial charge in [0.05, 0.1) is 0 Å². The van der Waals surface area contributed by atoms with Gasteiger partial charge in [-0.1, -0.05) is 18.2 Å². The van der Waals surface area contributed by atoms with Crippen molar-refractivity contribution in [2.75, 3.05) is 0 Å². The van der Waals surface area contributed by atoms with Crippen LogP contribution < -0.4 is 11.1 Å². The van der Waals surface area contributed by atoms with Gasteiger partial charge in [-0.3, -0.25) is 0 Å². The van der Waals surface area contributed by atoms with Gasteiger partial charge in [0, 0.05) is 24.0 Å². The molecule has 0 amide bonds. The minimum atomic E-state index is -0.0579. The van der Waals surface area contributed by atoms with Crippen molar-refractivity contribution < 1.29 is 4.39 Å². The fourth-order valence-electron chi connectivity index (χ4n) is 3.09. The van der Waals surface area contributed by atoms with Crippen LogP contribution in [0.1, 0.15) is 43.6 Å². The molecule has 1 aromatic carbocycles. The molecule has 0 aromatic heterocycles. The van der Waals surface area contributed by atoms with Gasteiger partial charge in [-0.05, 0) is 43.7 Å². The second-order valence-corrected chi connectivity index (χ2v) is 5.75. The van der Waals surface area contributed by atoms with E-state index in [1.165, 1.54) is 12.8 Å². The molecule has 2 nitrogen and oxygen atoms in total. The third-order valence-electron chi connectivity index (χ3n) is 4.32. The lowest BCUT2D eigenvalue weighted by Gasteiger charge is -2.27. The van der Waals surface area contributed by atoms with Gasteiger partial charge < -0.3 is 11.1 Å². The summed E-state index contributed by atoms with van der Waals surface area (Å²) in [5.41, 5.74) is 6.78. The van der Waals surface area contributed by atoms with Gasteiger partial charge in [0.25, 0.3) is 0 Å². The molecule has 0 aliphatic heterocycles. The van der Waals surface area contributed by atoms with Crippen molar-refractivity contribution in [3.63, 3.8) is 0 Å². The Labute approximate surface area is 108 Å². The third kappa shape index (κ3) is 2.57. The zero-order chi connectivity index (χ0) is 12.5. The molecule has 3 heteroatoms. The molecule has 0 saturated heterocycles. The predicted molar refractivity (Wildman–Crippen MR) is 70.9 cm³/mol. The number of hydrogen-bond acceptors (Lipinski definition) is 2. The van der Waals surface area contributed by atoms with E-state index in [4.69, 9.17) is 5.73 Å². The van der Waals surface area contributed by atoms with Crippen LogP contribution in [0.25, 0.3) is 0 Å². The molecule has 0 radical (unpaired) electrons. The largest absolute Gasteiger partial charge is 0.328 e. The van der Waals surface area contributed by atoms with Gasteiger partial charge in [0.2, 0.25) is 0 Å². The average Bonchev–Trinajstić information content (AvgIpc) is 3.12. The molecular weight excluding hydrogens is 227 g/mol. The van der Waals surface area contributed by atoms with E-state index >= 15 is 0 Å². The minimum absolute atomic E-state index is 0.0579. The van der Waals surface area contributed by atoms with E-state index in [0.717, 1.165) is 24.8 Å². The maximum absolute atomic E-state index is 13.6. The first-order valence-electron chi connectivity index (χ1n) is 7.00. The lowest BCUT2D eigenvalue weighted by atomic mass is 9.92. The summed E-state index contributed by atoms with van der Waals surface area (Å²) in [6.45, 7) is 0. The third-order valence-corrected chi connectivity index (χ3v) is 4.32. The number of nitrogens with two attached hydrogens (primary N) is 1. The van der Waals surface area contributed by atoms with Crippen LogP contribution in [0.3, 0.4) is 0 Å². The van der Waals surface area contributed by atoms with Crippen LogP contribution in [-0.4, -0.2) is 18.1 Å². The molecule has 98 valence electrons. The minimum Gasteiger partial charge on any atom is -0.328 e. The molecule has 18 heavy (non-hydrogen) atoms. The SMILES string of the molecule is NC1CCC(N[C@@H]2C[C@H]2c2ccccc2F)CC1. The van der Waals surface area contributed by atoms with Gasteiger partial charge >= 0.3 is 0 Å². The quantitative estimate of drug-likeness (QED) is 0.862. The fourth-order valence-corrected chi connectivity index (χ4v) is 3.09. The van der Waals surface area contributed by atoms with E-state index < -0.39 is 0 Å². The van der Waals surface area contributed by atoms with Crippen LogP contribution in [0.5, 0.6) is 0 Å². The molecule has 2 aliphatic carbocycles. The molecule has 2 aliphatic rings. The van der Waals surface area contributed by atoms with Gasteiger partial charge in [-0.25, -0.2) is 4.39 Å². The molecule has 2 saturated carbocycles. The van der Waals surface area contributed by atoms with E-state index in [2.05, 4.69) is 5.32 Å². The van der Waals surface area contributed by atoms with Crippen LogP contribution >= 0.6 is 0 Å². The maximum Gasteiger partial charge on any atom is 0.126 e. The van der Waals surface area contributed by atoms with E-state index in [1.807, 2.05) is 12.1 Å². The van der Waals surface area contributed by atoms with E-state index in [9.17, 15) is 4.39 Å². The molecule has 3 rings (SSSR count). The summed E-state index contributed by atoms with van der Waals surface area (Å²) in [5.74, 6) is 0.319. The highest BCUT2D eigenvalue weighted by Crippen LogP contribution is 2.42. The molecule has 0 spiro atoms. The van der Waals surface area contributed by atoms with E-state index in [1.54, 1.807) is 12.1 Å². The standard InChI is InChI=1S/C15H21FN2/c16-14-4-2-1-3-12(14)13-9-15(13)18-11-7-5-10(17)6-8-11/h1-4,10-11,13,15,18H,5-9,17H2/t10?,11?,13-,15+/m0/s1. The van der Waals surface area contributed by atoms with Gasteiger partial charge in [-0.15, -0.1) is 0 Å². The number of benzene rings is 1. The number of nitrogens with one attached hydrogen (secondary N) is 1. The Kier molecular flexibility index (Phi) is 3.35. The zero-order valence-corrected chi connectivity index (χ0v) is 10.6. The van der Waals surface area contributed by atoms with Crippen LogP contribution in [0, 0.1) is 5.82 Å². The molecule has 0 bridgehead atoms. The molecule has 1 aromatic rings. The summed E-state index contributed by atoms with van der Waals surface area (Å²) in [4.78, 5) is 0. The predicted octanol–water partition coefficient (Wildman–Crippen LogP) is 2.54. The lowest BCUT2D eigenvalue weighted by molar-refractivity contribution is 0.339. The summed E-state index contributed by atoms with van der Waals surface area (Å²) >= 11 is 0. The highest BCUT2D eigenvalue weighted by atomic mass is 19.1. The Hall–Kier alpha value is -0.930. The van der Waals surface area contributed by atoms with Crippen molar-refractivity contribution in [1.29, 1.82) is 0 Å². The summed E-state index contributed by atoms with van der Waals surface area (Å²) in [6, 6.07) is 8.61. The number of halogens is 1. The topological polar surface area (TPSA) is 38.0 Å². The second kappa shape index (κ2) is 4.98. The monoisotopic (exact) mass is 248 g/mol. The highest BCUT2D eigenvalue weighted by molar-refractivity contribution is 5.29. The zero-order valence-electron chi connectivity index (χ0n) is 10.6. The lowest BCUT2D eigenvalue weighted by Crippen LogP contribution is -2.38. The summed E-state index contributed by atoms with van der Waals surface area (Å²) in [6.07, 6.45) is 5.65. The molecule has 0 unspecified atom stereocenters. The fraction of sp³-hybridized carbons (Fsp3) is 0.600. The van der Waals surface area contributed by atoms with E-state index in [0.29, 0.717) is 24.0 Å². The van der Waals surface area contributed by atoms with Crippen molar-refractivity contribution in [3.8, 4) is 0 Å². The van der Waals surface area contributed by atoms with E-state index in [-0.39, 0.29) is 5.82 Å². The first-order valence-corrected chi connectivity index (χ1v) is 7.00. The molecule has 0 heterocycles. The molecule has 2 atom stereocenters. The Bertz CT molecular complexity index is 413. The van der Waals surface area contributed by atoms with Crippen molar-refractivity contribution in [2.45, 2.75) is 56.1 Å². The maximum atomic E-state index is 13.6. The van der Waals surface area contributed by atoms with Crippen molar-refractivity contribution in [2.24, 2.45) is 5.73 Å². The Morgan fingerprint density at radius 2 is 1.83 bits per heavy atom. The van der Waals surface area contributed by atoms with Gasteiger partial charge in [0.15, 0.2) is 0 Å². The first-order chi connectivity index (χ1) is 8.74. The van der Waals surface area contributed by atoms with Crippen LogP contribution in [0.2, 0.25) is 0 Å². The Balaban J connectivity index is 1.54. The highest BCUT2D eigenvalue weighted by Gasteiger charge is 2.41. The van der Waals surface area contributed by atoms with Crippen LogP contribution in [0.4, 0.5) is 4.39 Å². The number of rotatable bonds is 3. The van der Waals surface area contributed by atoms with Crippen LogP contribution in [-0.2, 0) is 0 Å². The van der Waals surface area contributed by atoms with Crippen LogP contribution in [0.15, 0.2) is 24.3 Å².